The molecule has 1 aliphatic heterocycles. The van der Waals surface area contributed by atoms with E-state index in [4.69, 9.17) is 5.73 Å². The molecule has 1 aliphatic rings. The van der Waals surface area contributed by atoms with E-state index >= 15 is 0 Å². The van der Waals surface area contributed by atoms with Gasteiger partial charge in [0.25, 0.3) is 0 Å². The quantitative estimate of drug-likeness (QED) is 0.773. The Morgan fingerprint density at radius 3 is 2.65 bits per heavy atom. The lowest BCUT2D eigenvalue weighted by Crippen LogP contribution is -2.53. The number of piperidine rings is 1. The van der Waals surface area contributed by atoms with Crippen molar-refractivity contribution in [3.63, 3.8) is 0 Å². The van der Waals surface area contributed by atoms with Gasteiger partial charge in [0.1, 0.15) is 0 Å². The lowest BCUT2D eigenvalue weighted by Gasteiger charge is -2.37. The maximum atomic E-state index is 11.2. The number of nitrogens with two attached hydrogens (primary N) is 1. The van der Waals surface area contributed by atoms with E-state index in [1.807, 2.05) is 0 Å². The number of urea groups is 1. The molecule has 0 aromatic carbocycles. The smallest absolute Gasteiger partial charge is 0.314 e. The Hall–Kier alpha value is -1.26. The molecule has 2 unspecified atom stereocenters. The third-order valence-electron chi connectivity index (χ3n) is 3.22. The largest absolute Gasteiger partial charge is 0.352 e. The van der Waals surface area contributed by atoms with Crippen LogP contribution in [0.4, 0.5) is 4.79 Å². The van der Waals surface area contributed by atoms with Crippen LogP contribution >= 0.6 is 0 Å². The summed E-state index contributed by atoms with van der Waals surface area (Å²) in [6, 6.07) is -0.336. The van der Waals surface area contributed by atoms with Crippen molar-refractivity contribution < 1.29 is 9.59 Å². The monoisotopic (exact) mass is 241 g/mol. The van der Waals surface area contributed by atoms with Crippen LogP contribution in [0.15, 0.2) is 0 Å². The van der Waals surface area contributed by atoms with Gasteiger partial charge in [0.05, 0.1) is 0 Å². The van der Waals surface area contributed by atoms with Crippen LogP contribution in [-0.4, -0.2) is 36.0 Å². The van der Waals surface area contributed by atoms with Crippen molar-refractivity contribution in [3.05, 3.63) is 0 Å². The minimum Gasteiger partial charge on any atom is -0.352 e. The van der Waals surface area contributed by atoms with Crippen LogP contribution in [0.3, 0.4) is 0 Å². The van der Waals surface area contributed by atoms with Crippen LogP contribution in [-0.2, 0) is 4.79 Å². The van der Waals surface area contributed by atoms with Gasteiger partial charge >= 0.3 is 6.03 Å². The second kappa shape index (κ2) is 6.47. The number of nitrogens with one attached hydrogen (secondary N) is 1. The molecule has 0 aromatic heterocycles. The zero-order valence-electron chi connectivity index (χ0n) is 10.7. The molecule has 0 spiro atoms. The van der Waals surface area contributed by atoms with Crippen molar-refractivity contribution in [2.75, 3.05) is 13.1 Å². The van der Waals surface area contributed by atoms with Crippen molar-refractivity contribution >= 4 is 11.9 Å². The SMILES string of the molecule is CCCCC1CC(NC(C)=O)CN(C(N)=O)C1. The zero-order valence-corrected chi connectivity index (χ0v) is 10.7. The molecule has 0 radical (unpaired) electrons. The summed E-state index contributed by atoms with van der Waals surface area (Å²) in [5.74, 6) is 0.406. The first kappa shape index (κ1) is 13.8. The minimum atomic E-state index is -0.387. The van der Waals surface area contributed by atoms with Gasteiger partial charge in [-0.05, 0) is 18.8 Å². The summed E-state index contributed by atoms with van der Waals surface area (Å²) in [5.41, 5.74) is 5.33. The minimum absolute atomic E-state index is 0.0458. The molecule has 98 valence electrons. The number of carbonyl (C=O) groups excluding carboxylic acids is 2. The van der Waals surface area contributed by atoms with Gasteiger partial charge in [-0.3, -0.25) is 4.79 Å². The van der Waals surface area contributed by atoms with Gasteiger partial charge in [-0.1, -0.05) is 19.8 Å². The number of unbranched alkanes of at least 4 members (excludes halogenated alkanes) is 1. The highest BCUT2D eigenvalue weighted by atomic mass is 16.2. The molecule has 5 nitrogen and oxygen atoms in total. The van der Waals surface area contributed by atoms with Crippen molar-refractivity contribution in [2.24, 2.45) is 11.7 Å². The van der Waals surface area contributed by atoms with Crippen LogP contribution in [0.1, 0.15) is 39.5 Å². The van der Waals surface area contributed by atoms with Gasteiger partial charge < -0.3 is 16.0 Å². The molecule has 0 saturated carbocycles. The van der Waals surface area contributed by atoms with Gasteiger partial charge in [0.15, 0.2) is 0 Å². The summed E-state index contributed by atoms with van der Waals surface area (Å²) in [4.78, 5) is 23.9. The number of primary amides is 1. The van der Waals surface area contributed by atoms with E-state index in [9.17, 15) is 9.59 Å². The van der Waals surface area contributed by atoms with Crippen molar-refractivity contribution in [3.8, 4) is 0 Å². The Balaban J connectivity index is 2.55. The fourth-order valence-electron chi connectivity index (χ4n) is 2.48. The Morgan fingerprint density at radius 1 is 1.41 bits per heavy atom. The lowest BCUT2D eigenvalue weighted by molar-refractivity contribution is -0.120. The summed E-state index contributed by atoms with van der Waals surface area (Å²) in [6.07, 6.45) is 4.35. The molecule has 2 atom stereocenters. The summed E-state index contributed by atoms with van der Waals surface area (Å²) in [5, 5.41) is 2.88. The molecular weight excluding hydrogens is 218 g/mol. The van der Waals surface area contributed by atoms with Crippen LogP contribution in [0.5, 0.6) is 0 Å². The molecule has 0 aromatic rings. The summed E-state index contributed by atoms with van der Waals surface area (Å²) < 4.78 is 0. The molecule has 1 heterocycles. The molecule has 1 saturated heterocycles. The van der Waals surface area contributed by atoms with E-state index in [2.05, 4.69) is 12.2 Å². The van der Waals surface area contributed by atoms with Crippen molar-refractivity contribution in [1.82, 2.24) is 10.2 Å². The average Bonchev–Trinajstić information content (AvgIpc) is 2.25. The van der Waals surface area contributed by atoms with Crippen LogP contribution in [0, 0.1) is 5.92 Å². The van der Waals surface area contributed by atoms with Crippen LogP contribution in [0.25, 0.3) is 0 Å². The fraction of sp³-hybridized carbons (Fsp3) is 0.833. The van der Waals surface area contributed by atoms with Gasteiger partial charge in [-0.15, -0.1) is 0 Å². The van der Waals surface area contributed by atoms with E-state index in [1.165, 1.54) is 6.92 Å². The predicted octanol–water partition coefficient (Wildman–Crippen LogP) is 1.08. The average molecular weight is 241 g/mol. The first-order chi connectivity index (χ1) is 8.02. The fourth-order valence-corrected chi connectivity index (χ4v) is 2.48. The molecule has 3 N–H and O–H groups in total. The number of nitrogens with zero attached hydrogens (tertiary/aromatic N) is 1. The maximum absolute atomic E-state index is 11.2. The van der Waals surface area contributed by atoms with Crippen LogP contribution < -0.4 is 11.1 Å². The van der Waals surface area contributed by atoms with E-state index in [0.717, 1.165) is 32.2 Å². The Labute approximate surface area is 103 Å². The van der Waals surface area contributed by atoms with Crippen molar-refractivity contribution in [1.29, 1.82) is 0 Å². The number of likely N-dealkylation sites (tertiary alicyclic amines) is 1. The predicted molar refractivity (Wildman–Crippen MR) is 66.4 cm³/mol. The third kappa shape index (κ3) is 4.63. The highest BCUT2D eigenvalue weighted by Gasteiger charge is 2.28. The molecule has 5 heteroatoms. The van der Waals surface area contributed by atoms with E-state index in [0.29, 0.717) is 12.5 Å². The number of hydrogen-bond donors (Lipinski definition) is 2. The summed E-state index contributed by atoms with van der Waals surface area (Å²) in [7, 11) is 0. The van der Waals surface area contributed by atoms with Gasteiger partial charge in [0, 0.05) is 26.1 Å². The molecule has 0 bridgehead atoms. The topological polar surface area (TPSA) is 75.4 Å². The standard InChI is InChI=1S/C12H23N3O2/c1-3-4-5-10-6-11(14-9(2)16)8-15(7-10)12(13)17/h10-11H,3-8H2,1-2H3,(H2,13,17)(H,14,16). The zero-order chi connectivity index (χ0) is 12.8. The van der Waals surface area contributed by atoms with Gasteiger partial charge in [-0.25, -0.2) is 4.79 Å². The maximum Gasteiger partial charge on any atom is 0.314 e. The highest BCUT2D eigenvalue weighted by Crippen LogP contribution is 2.22. The number of hydrogen-bond acceptors (Lipinski definition) is 2. The normalized spacial score (nSPS) is 24.5. The lowest BCUT2D eigenvalue weighted by atomic mass is 9.90. The number of carbonyl (C=O) groups is 2. The summed E-state index contributed by atoms with van der Waals surface area (Å²) >= 11 is 0. The summed E-state index contributed by atoms with van der Waals surface area (Å²) in [6.45, 7) is 4.92. The van der Waals surface area contributed by atoms with Crippen LogP contribution in [0.2, 0.25) is 0 Å². The molecule has 1 fully saturated rings. The Kier molecular flexibility index (Phi) is 5.25. The first-order valence-corrected chi connectivity index (χ1v) is 6.34. The first-order valence-electron chi connectivity index (χ1n) is 6.34. The van der Waals surface area contributed by atoms with Crippen molar-refractivity contribution in [2.45, 2.75) is 45.6 Å². The molecular formula is C12H23N3O2. The molecule has 3 amide bonds. The second-order valence-electron chi connectivity index (χ2n) is 4.88. The Morgan fingerprint density at radius 2 is 2.12 bits per heavy atom. The van der Waals surface area contributed by atoms with E-state index in [-0.39, 0.29) is 18.0 Å². The van der Waals surface area contributed by atoms with Gasteiger partial charge in [-0.2, -0.15) is 0 Å². The third-order valence-corrected chi connectivity index (χ3v) is 3.22. The van der Waals surface area contributed by atoms with E-state index in [1.54, 1.807) is 4.90 Å². The molecule has 0 aliphatic carbocycles. The molecule has 1 rings (SSSR count). The molecule has 17 heavy (non-hydrogen) atoms. The Bertz CT molecular complexity index is 281. The van der Waals surface area contributed by atoms with Gasteiger partial charge in [0.2, 0.25) is 5.91 Å². The highest BCUT2D eigenvalue weighted by molar-refractivity contribution is 5.74. The van der Waals surface area contributed by atoms with E-state index < -0.39 is 0 Å². The number of amides is 3. The number of rotatable bonds is 4. The second-order valence-corrected chi connectivity index (χ2v) is 4.88.